The first-order chi connectivity index (χ1) is 8.74. The lowest BCUT2D eigenvalue weighted by Gasteiger charge is -2.27. The molecule has 2 rings (SSSR count). The monoisotopic (exact) mass is 266 g/mol. The number of benzene rings is 1. The van der Waals surface area contributed by atoms with Crippen LogP contribution in [0.4, 0.5) is 0 Å². The molecule has 1 aliphatic rings. The van der Waals surface area contributed by atoms with Crippen LogP contribution in [0.5, 0.6) is 11.5 Å². The second kappa shape index (κ2) is 6.14. The van der Waals surface area contributed by atoms with Gasteiger partial charge in [-0.25, -0.2) is 0 Å². The van der Waals surface area contributed by atoms with Gasteiger partial charge < -0.3 is 14.3 Å². The zero-order valence-corrected chi connectivity index (χ0v) is 11.5. The fourth-order valence-corrected chi connectivity index (χ4v) is 2.40. The van der Waals surface area contributed by atoms with Gasteiger partial charge in [-0.15, -0.1) is 0 Å². The van der Waals surface area contributed by atoms with Crippen molar-refractivity contribution in [3.63, 3.8) is 0 Å². The molecular formula is C14H18O3S. The van der Waals surface area contributed by atoms with Crippen molar-refractivity contribution in [1.82, 2.24) is 0 Å². The Morgan fingerprint density at radius 1 is 1.44 bits per heavy atom. The van der Waals surface area contributed by atoms with Crippen molar-refractivity contribution in [2.24, 2.45) is 0 Å². The van der Waals surface area contributed by atoms with Crippen molar-refractivity contribution in [2.75, 3.05) is 18.6 Å². The van der Waals surface area contributed by atoms with Crippen LogP contribution in [0.3, 0.4) is 0 Å². The second-order valence-electron chi connectivity index (χ2n) is 4.49. The van der Waals surface area contributed by atoms with Gasteiger partial charge in [0, 0.05) is 17.9 Å². The third-order valence-electron chi connectivity index (χ3n) is 3.11. The first-order valence-corrected chi connectivity index (χ1v) is 7.26. The van der Waals surface area contributed by atoms with E-state index in [1.807, 2.05) is 36.9 Å². The maximum atomic E-state index is 10.6. The molecule has 1 unspecified atom stereocenters. The summed E-state index contributed by atoms with van der Waals surface area (Å²) in [5.41, 5.74) is 1.12. The Hall–Kier alpha value is -1.16. The molecule has 0 amide bonds. The van der Waals surface area contributed by atoms with E-state index in [1.165, 1.54) is 0 Å². The highest BCUT2D eigenvalue weighted by molar-refractivity contribution is 8.00. The normalized spacial score (nSPS) is 16.8. The standard InChI is InChI=1S/C14H18O3S/c1-10(5-6-15)11-3-4-13(16-2)14(7-11)17-12-8-18-9-12/h3-4,6-7,10,12H,5,8-9H2,1-2H3. The van der Waals surface area contributed by atoms with Crippen molar-refractivity contribution in [3.8, 4) is 11.5 Å². The largest absolute Gasteiger partial charge is 0.493 e. The minimum Gasteiger partial charge on any atom is -0.493 e. The fourth-order valence-electron chi connectivity index (χ4n) is 1.83. The molecule has 0 bridgehead atoms. The molecule has 0 radical (unpaired) electrons. The molecule has 0 aliphatic carbocycles. The predicted octanol–water partition coefficient (Wildman–Crippen LogP) is 2.88. The molecule has 1 aromatic rings. The number of aldehydes is 1. The molecule has 1 fully saturated rings. The van der Waals surface area contributed by atoms with Gasteiger partial charge in [0.05, 0.1) is 7.11 Å². The predicted molar refractivity (Wildman–Crippen MR) is 73.8 cm³/mol. The van der Waals surface area contributed by atoms with Crippen LogP contribution in [0.15, 0.2) is 18.2 Å². The van der Waals surface area contributed by atoms with Crippen LogP contribution in [-0.2, 0) is 4.79 Å². The van der Waals surface area contributed by atoms with Gasteiger partial charge in [-0.1, -0.05) is 13.0 Å². The molecule has 4 heteroatoms. The lowest BCUT2D eigenvalue weighted by atomic mass is 9.98. The Balaban J connectivity index is 2.17. The molecule has 0 spiro atoms. The van der Waals surface area contributed by atoms with E-state index in [9.17, 15) is 4.79 Å². The van der Waals surface area contributed by atoms with E-state index >= 15 is 0 Å². The van der Waals surface area contributed by atoms with Crippen LogP contribution in [-0.4, -0.2) is 31.0 Å². The molecular weight excluding hydrogens is 248 g/mol. The summed E-state index contributed by atoms with van der Waals surface area (Å²) in [7, 11) is 1.65. The molecule has 1 aromatic carbocycles. The van der Waals surface area contributed by atoms with Crippen LogP contribution in [0.25, 0.3) is 0 Å². The van der Waals surface area contributed by atoms with Gasteiger partial charge in [0.1, 0.15) is 12.4 Å². The first-order valence-electron chi connectivity index (χ1n) is 6.10. The van der Waals surface area contributed by atoms with E-state index in [4.69, 9.17) is 9.47 Å². The second-order valence-corrected chi connectivity index (χ2v) is 5.57. The summed E-state index contributed by atoms with van der Waals surface area (Å²) in [4.78, 5) is 10.6. The molecule has 18 heavy (non-hydrogen) atoms. The molecule has 0 N–H and O–H groups in total. The molecule has 0 aromatic heterocycles. The Labute approximate surface area is 112 Å². The van der Waals surface area contributed by atoms with E-state index in [0.29, 0.717) is 12.5 Å². The average Bonchev–Trinajstić information content (AvgIpc) is 2.34. The van der Waals surface area contributed by atoms with E-state index in [-0.39, 0.29) is 5.92 Å². The van der Waals surface area contributed by atoms with E-state index in [1.54, 1.807) is 7.11 Å². The third kappa shape index (κ3) is 2.99. The van der Waals surface area contributed by atoms with Gasteiger partial charge in [-0.05, 0) is 23.6 Å². The average molecular weight is 266 g/mol. The fraction of sp³-hybridized carbons (Fsp3) is 0.500. The number of carbonyl (C=O) groups is 1. The summed E-state index contributed by atoms with van der Waals surface area (Å²) in [6.07, 6.45) is 1.78. The molecule has 98 valence electrons. The zero-order chi connectivity index (χ0) is 13.0. The topological polar surface area (TPSA) is 35.5 Å². The van der Waals surface area contributed by atoms with Gasteiger partial charge in [-0.2, -0.15) is 11.8 Å². The van der Waals surface area contributed by atoms with Crippen molar-refractivity contribution in [3.05, 3.63) is 23.8 Å². The summed E-state index contributed by atoms with van der Waals surface area (Å²) in [6.45, 7) is 2.04. The van der Waals surface area contributed by atoms with Crippen LogP contribution < -0.4 is 9.47 Å². The Morgan fingerprint density at radius 3 is 2.78 bits per heavy atom. The SMILES string of the molecule is COc1ccc(C(C)CC=O)cc1OC1CSC1. The summed E-state index contributed by atoms with van der Waals surface area (Å²) in [6, 6.07) is 5.91. The van der Waals surface area contributed by atoms with Crippen LogP contribution in [0.2, 0.25) is 0 Å². The van der Waals surface area contributed by atoms with Gasteiger partial charge in [-0.3, -0.25) is 0 Å². The summed E-state index contributed by atoms with van der Waals surface area (Å²) in [5, 5.41) is 0. The highest BCUT2D eigenvalue weighted by atomic mass is 32.2. The molecule has 1 aliphatic heterocycles. The molecule has 1 saturated heterocycles. The van der Waals surface area contributed by atoms with E-state index < -0.39 is 0 Å². The maximum absolute atomic E-state index is 10.6. The lowest BCUT2D eigenvalue weighted by Crippen LogP contribution is -2.31. The van der Waals surface area contributed by atoms with E-state index in [0.717, 1.165) is 34.9 Å². The van der Waals surface area contributed by atoms with Crippen LogP contribution in [0.1, 0.15) is 24.8 Å². The quantitative estimate of drug-likeness (QED) is 0.742. The van der Waals surface area contributed by atoms with Crippen LogP contribution >= 0.6 is 11.8 Å². The minimum absolute atomic E-state index is 0.214. The van der Waals surface area contributed by atoms with E-state index in [2.05, 4.69) is 0 Å². The van der Waals surface area contributed by atoms with Crippen molar-refractivity contribution in [1.29, 1.82) is 0 Å². The lowest BCUT2D eigenvalue weighted by molar-refractivity contribution is -0.108. The molecule has 3 nitrogen and oxygen atoms in total. The number of carbonyl (C=O) groups excluding carboxylic acids is 1. The van der Waals surface area contributed by atoms with Crippen LogP contribution in [0, 0.1) is 0 Å². The number of thioether (sulfide) groups is 1. The van der Waals surface area contributed by atoms with Gasteiger partial charge in [0.15, 0.2) is 11.5 Å². The third-order valence-corrected chi connectivity index (χ3v) is 4.32. The summed E-state index contributed by atoms with van der Waals surface area (Å²) >= 11 is 1.88. The Kier molecular flexibility index (Phi) is 4.53. The molecule has 0 saturated carbocycles. The zero-order valence-electron chi connectivity index (χ0n) is 10.7. The highest BCUT2D eigenvalue weighted by Crippen LogP contribution is 2.34. The first kappa shape index (κ1) is 13.3. The van der Waals surface area contributed by atoms with Gasteiger partial charge >= 0.3 is 0 Å². The maximum Gasteiger partial charge on any atom is 0.161 e. The Bertz CT molecular complexity index is 416. The summed E-state index contributed by atoms with van der Waals surface area (Å²) in [5.74, 6) is 3.84. The number of hydrogen-bond acceptors (Lipinski definition) is 4. The van der Waals surface area contributed by atoms with Gasteiger partial charge in [0.25, 0.3) is 0 Å². The van der Waals surface area contributed by atoms with Crippen molar-refractivity contribution >= 4 is 18.0 Å². The Morgan fingerprint density at radius 2 is 2.22 bits per heavy atom. The molecule has 1 heterocycles. The van der Waals surface area contributed by atoms with Gasteiger partial charge in [0.2, 0.25) is 0 Å². The smallest absolute Gasteiger partial charge is 0.161 e. The van der Waals surface area contributed by atoms with Crippen molar-refractivity contribution in [2.45, 2.75) is 25.4 Å². The number of rotatable bonds is 6. The number of ether oxygens (including phenoxy) is 2. The highest BCUT2D eigenvalue weighted by Gasteiger charge is 2.22. The van der Waals surface area contributed by atoms with Crippen molar-refractivity contribution < 1.29 is 14.3 Å². The molecule has 1 atom stereocenters. The summed E-state index contributed by atoms with van der Waals surface area (Å²) < 4.78 is 11.2. The number of hydrogen-bond donors (Lipinski definition) is 0. The minimum atomic E-state index is 0.214. The number of methoxy groups -OCH3 is 1.